The fraction of sp³-hybridized carbons (Fsp3) is 0. The summed E-state index contributed by atoms with van der Waals surface area (Å²) in [6, 6.07) is 13.5. The zero-order valence-electron chi connectivity index (χ0n) is 13.5. The number of amides is 2. The van der Waals surface area contributed by atoms with E-state index in [1.165, 1.54) is 25.0 Å². The molecule has 2 heterocycles. The van der Waals surface area contributed by atoms with Gasteiger partial charge in [-0.3, -0.25) is 9.59 Å². The molecule has 3 rings (SSSR count). The third-order valence-electron chi connectivity index (χ3n) is 3.19. The Labute approximate surface area is 148 Å². The molecule has 130 valence electrons. The Morgan fingerprint density at radius 3 is 1.50 bits per heavy atom. The van der Waals surface area contributed by atoms with Gasteiger partial charge in [0.15, 0.2) is 11.5 Å². The van der Waals surface area contributed by atoms with Crippen molar-refractivity contribution in [3.05, 3.63) is 83.7 Å². The van der Waals surface area contributed by atoms with Crippen LogP contribution in [0.2, 0.25) is 0 Å². The van der Waals surface area contributed by atoms with Crippen LogP contribution in [-0.4, -0.2) is 24.2 Å². The number of hydrazone groups is 2. The molecular weight excluding hydrogens is 336 g/mol. The highest BCUT2D eigenvalue weighted by Crippen LogP contribution is 2.02. The van der Waals surface area contributed by atoms with Gasteiger partial charge in [-0.15, -0.1) is 0 Å². The summed E-state index contributed by atoms with van der Waals surface area (Å²) in [4.78, 5) is 23.3. The molecular formula is C18H14N4O4. The van der Waals surface area contributed by atoms with Crippen molar-refractivity contribution in [1.82, 2.24) is 10.9 Å². The normalized spacial score (nSPS) is 11.1. The van der Waals surface area contributed by atoms with Crippen LogP contribution < -0.4 is 10.9 Å². The first kappa shape index (κ1) is 16.9. The van der Waals surface area contributed by atoms with E-state index in [2.05, 4.69) is 21.1 Å². The minimum atomic E-state index is -0.428. The molecule has 0 aliphatic rings. The van der Waals surface area contributed by atoms with E-state index in [1.54, 1.807) is 48.5 Å². The molecule has 0 aliphatic carbocycles. The molecule has 0 unspecified atom stereocenters. The van der Waals surface area contributed by atoms with Gasteiger partial charge in [0.25, 0.3) is 0 Å². The molecule has 26 heavy (non-hydrogen) atoms. The van der Waals surface area contributed by atoms with E-state index in [0.29, 0.717) is 0 Å². The molecule has 1 aromatic carbocycles. The van der Waals surface area contributed by atoms with Crippen molar-refractivity contribution < 1.29 is 18.4 Å². The molecule has 0 spiro atoms. The molecule has 8 heteroatoms. The molecule has 0 aliphatic heterocycles. The van der Waals surface area contributed by atoms with E-state index in [-0.39, 0.29) is 11.5 Å². The van der Waals surface area contributed by atoms with Crippen LogP contribution in [0.4, 0.5) is 0 Å². The van der Waals surface area contributed by atoms with Gasteiger partial charge in [0.1, 0.15) is 0 Å². The molecule has 0 radical (unpaired) electrons. The van der Waals surface area contributed by atoms with Crippen molar-refractivity contribution in [2.24, 2.45) is 10.2 Å². The Hall–Kier alpha value is -3.94. The van der Waals surface area contributed by atoms with E-state index < -0.39 is 11.8 Å². The second-order valence-corrected chi connectivity index (χ2v) is 5.02. The summed E-state index contributed by atoms with van der Waals surface area (Å²) < 4.78 is 9.91. The number of carbonyl (C=O) groups excluding carboxylic acids is 2. The number of carbonyl (C=O) groups is 2. The molecule has 2 N–H and O–H groups in total. The maximum absolute atomic E-state index is 11.6. The Bertz CT molecular complexity index is 834. The van der Waals surface area contributed by atoms with Crippen LogP contribution in [0, 0.1) is 0 Å². The lowest BCUT2D eigenvalue weighted by atomic mass is 10.2. The van der Waals surface area contributed by atoms with Crippen LogP contribution in [0.15, 0.2) is 80.1 Å². The van der Waals surface area contributed by atoms with Crippen LogP contribution in [-0.2, 0) is 0 Å². The van der Waals surface area contributed by atoms with Crippen molar-refractivity contribution in [2.75, 3.05) is 0 Å². The highest BCUT2D eigenvalue weighted by Gasteiger charge is 2.06. The minimum absolute atomic E-state index is 0.185. The predicted molar refractivity (Wildman–Crippen MR) is 94.0 cm³/mol. The maximum Gasteiger partial charge on any atom is 0.307 e. The van der Waals surface area contributed by atoms with Gasteiger partial charge in [0.2, 0.25) is 0 Å². The number of hydrogen-bond donors (Lipinski definition) is 2. The second-order valence-electron chi connectivity index (χ2n) is 5.02. The standard InChI is InChI=1S/C18H14N4O4/c23-17(15-3-1-9-25-15)21-19-11-13-5-7-14(8-6-13)12-20-22-18(24)16-4-2-10-26-16/h1-12H,(H,21,23)(H,22,24). The van der Waals surface area contributed by atoms with Crippen LogP contribution >= 0.6 is 0 Å². The van der Waals surface area contributed by atoms with Crippen LogP contribution in [0.1, 0.15) is 32.2 Å². The Kier molecular flexibility index (Phi) is 5.36. The van der Waals surface area contributed by atoms with E-state index in [1.807, 2.05) is 0 Å². The van der Waals surface area contributed by atoms with Crippen LogP contribution in [0.25, 0.3) is 0 Å². The van der Waals surface area contributed by atoms with Gasteiger partial charge in [-0.1, -0.05) is 24.3 Å². The summed E-state index contributed by atoms with van der Waals surface area (Å²) in [7, 11) is 0. The van der Waals surface area contributed by atoms with Crippen molar-refractivity contribution in [3.63, 3.8) is 0 Å². The molecule has 0 bridgehead atoms. The number of furan rings is 2. The summed E-state index contributed by atoms with van der Waals surface area (Å²) in [6.07, 6.45) is 5.83. The Morgan fingerprint density at radius 2 is 1.15 bits per heavy atom. The van der Waals surface area contributed by atoms with Crippen LogP contribution in [0.5, 0.6) is 0 Å². The lowest BCUT2D eigenvalue weighted by molar-refractivity contribution is 0.0920. The highest BCUT2D eigenvalue weighted by molar-refractivity contribution is 5.93. The maximum atomic E-state index is 11.6. The lowest BCUT2D eigenvalue weighted by Crippen LogP contribution is -2.16. The number of nitrogens with zero attached hydrogens (tertiary/aromatic N) is 2. The average Bonchev–Trinajstić information content (AvgIpc) is 3.37. The monoisotopic (exact) mass is 350 g/mol. The molecule has 3 aromatic rings. The van der Waals surface area contributed by atoms with Gasteiger partial charge in [-0.25, -0.2) is 10.9 Å². The fourth-order valence-electron chi connectivity index (χ4n) is 1.92. The van der Waals surface area contributed by atoms with Crippen molar-refractivity contribution in [1.29, 1.82) is 0 Å². The quantitative estimate of drug-likeness (QED) is 0.525. The number of benzene rings is 1. The third-order valence-corrected chi connectivity index (χ3v) is 3.19. The second kappa shape index (κ2) is 8.25. The summed E-state index contributed by atoms with van der Waals surface area (Å²) in [5, 5.41) is 7.71. The van der Waals surface area contributed by atoms with Crippen molar-refractivity contribution >= 4 is 24.2 Å². The zero-order chi connectivity index (χ0) is 18.2. The first-order valence-corrected chi connectivity index (χ1v) is 7.56. The molecule has 0 fully saturated rings. The van der Waals surface area contributed by atoms with Crippen LogP contribution in [0.3, 0.4) is 0 Å². The zero-order valence-corrected chi connectivity index (χ0v) is 13.5. The summed E-state index contributed by atoms with van der Waals surface area (Å²) in [5.74, 6) is -0.486. The predicted octanol–water partition coefficient (Wildman–Crippen LogP) is 2.40. The summed E-state index contributed by atoms with van der Waals surface area (Å²) in [6.45, 7) is 0. The van der Waals surface area contributed by atoms with Gasteiger partial charge in [-0.2, -0.15) is 10.2 Å². The summed E-state index contributed by atoms with van der Waals surface area (Å²) >= 11 is 0. The Morgan fingerprint density at radius 1 is 0.731 bits per heavy atom. The SMILES string of the molecule is O=C(NN=Cc1ccc(C=NNC(=O)c2ccco2)cc1)c1ccco1. The molecule has 0 saturated heterocycles. The van der Waals surface area contributed by atoms with E-state index >= 15 is 0 Å². The lowest BCUT2D eigenvalue weighted by Gasteiger charge is -1.98. The van der Waals surface area contributed by atoms with E-state index in [0.717, 1.165) is 11.1 Å². The minimum Gasteiger partial charge on any atom is -0.459 e. The molecule has 0 saturated carbocycles. The number of hydrogen-bond acceptors (Lipinski definition) is 6. The van der Waals surface area contributed by atoms with Gasteiger partial charge in [-0.05, 0) is 35.4 Å². The van der Waals surface area contributed by atoms with Crippen molar-refractivity contribution in [3.8, 4) is 0 Å². The van der Waals surface area contributed by atoms with E-state index in [9.17, 15) is 9.59 Å². The Balaban J connectivity index is 1.50. The van der Waals surface area contributed by atoms with Gasteiger partial charge < -0.3 is 8.83 Å². The van der Waals surface area contributed by atoms with E-state index in [4.69, 9.17) is 8.83 Å². The fourth-order valence-corrected chi connectivity index (χ4v) is 1.92. The average molecular weight is 350 g/mol. The smallest absolute Gasteiger partial charge is 0.307 e. The first-order chi connectivity index (χ1) is 12.7. The molecule has 2 aromatic heterocycles. The van der Waals surface area contributed by atoms with Gasteiger partial charge in [0, 0.05) is 0 Å². The highest BCUT2D eigenvalue weighted by atomic mass is 16.3. The molecule has 2 amide bonds. The third kappa shape index (κ3) is 4.54. The van der Waals surface area contributed by atoms with Crippen molar-refractivity contribution in [2.45, 2.75) is 0 Å². The molecule has 0 atom stereocenters. The first-order valence-electron chi connectivity index (χ1n) is 7.56. The topological polar surface area (TPSA) is 109 Å². The van der Waals surface area contributed by atoms with Gasteiger partial charge in [0.05, 0.1) is 25.0 Å². The number of nitrogens with one attached hydrogen (secondary N) is 2. The summed E-state index contributed by atoms with van der Waals surface area (Å²) in [5.41, 5.74) is 6.28. The largest absolute Gasteiger partial charge is 0.459 e. The van der Waals surface area contributed by atoms with Gasteiger partial charge >= 0.3 is 11.8 Å². The molecule has 8 nitrogen and oxygen atoms in total. The number of rotatable bonds is 6.